The van der Waals surface area contributed by atoms with Crippen LogP contribution in [0, 0.1) is 13.8 Å². The van der Waals surface area contributed by atoms with Crippen LogP contribution in [0.15, 0.2) is 42.5 Å². The average Bonchev–Trinajstić information content (AvgIpc) is 3.26. The number of para-hydroxylation sites is 1. The van der Waals surface area contributed by atoms with Crippen molar-refractivity contribution in [1.29, 1.82) is 0 Å². The standard InChI is InChI=1S/C21H20N6O3/c1-13-6-5-7-14(2)19(13)22-18(28)12-27-24-17(23-25-27)10-11-26-20(29)15-8-3-4-9-16(15)21(26)30/h3-9H,10-12H2,1-2H3,(H,22,28). The highest BCUT2D eigenvalue weighted by atomic mass is 16.2. The van der Waals surface area contributed by atoms with E-state index in [4.69, 9.17) is 0 Å². The molecule has 3 aromatic rings. The van der Waals surface area contributed by atoms with Crippen molar-refractivity contribution in [2.75, 3.05) is 11.9 Å². The quantitative estimate of drug-likeness (QED) is 0.627. The highest BCUT2D eigenvalue weighted by Crippen LogP contribution is 2.22. The Balaban J connectivity index is 1.35. The highest BCUT2D eigenvalue weighted by molar-refractivity contribution is 6.21. The van der Waals surface area contributed by atoms with Crippen LogP contribution in [-0.2, 0) is 17.8 Å². The van der Waals surface area contributed by atoms with Crippen molar-refractivity contribution >= 4 is 23.4 Å². The summed E-state index contributed by atoms with van der Waals surface area (Å²) < 4.78 is 0. The van der Waals surface area contributed by atoms with Crippen molar-refractivity contribution in [2.24, 2.45) is 0 Å². The van der Waals surface area contributed by atoms with Crippen LogP contribution in [0.5, 0.6) is 0 Å². The number of carbonyl (C=O) groups is 3. The van der Waals surface area contributed by atoms with E-state index in [9.17, 15) is 14.4 Å². The molecule has 2 aromatic carbocycles. The summed E-state index contributed by atoms with van der Waals surface area (Å²) in [6, 6.07) is 12.5. The summed E-state index contributed by atoms with van der Waals surface area (Å²) in [7, 11) is 0. The third kappa shape index (κ3) is 3.69. The number of carbonyl (C=O) groups excluding carboxylic acids is 3. The number of aryl methyl sites for hydroxylation is 2. The van der Waals surface area contributed by atoms with E-state index in [0.29, 0.717) is 17.0 Å². The molecule has 0 radical (unpaired) electrons. The van der Waals surface area contributed by atoms with E-state index >= 15 is 0 Å². The van der Waals surface area contributed by atoms with Gasteiger partial charge in [-0.3, -0.25) is 19.3 Å². The summed E-state index contributed by atoms with van der Waals surface area (Å²) in [5.41, 5.74) is 3.52. The zero-order valence-corrected chi connectivity index (χ0v) is 16.6. The van der Waals surface area contributed by atoms with Gasteiger partial charge in [-0.05, 0) is 42.3 Å². The molecule has 1 aromatic heterocycles. The minimum Gasteiger partial charge on any atom is -0.324 e. The Kier molecular flexibility index (Phi) is 5.09. The number of imide groups is 1. The summed E-state index contributed by atoms with van der Waals surface area (Å²) in [5.74, 6) is -0.560. The number of benzene rings is 2. The van der Waals surface area contributed by atoms with Gasteiger partial charge in [0, 0.05) is 18.7 Å². The number of tetrazole rings is 1. The van der Waals surface area contributed by atoms with Gasteiger partial charge in [-0.1, -0.05) is 30.3 Å². The molecule has 4 rings (SSSR count). The first-order valence-electron chi connectivity index (χ1n) is 9.52. The molecule has 30 heavy (non-hydrogen) atoms. The first kappa shape index (κ1) is 19.4. The summed E-state index contributed by atoms with van der Waals surface area (Å²) in [5, 5.41) is 14.9. The third-order valence-electron chi connectivity index (χ3n) is 4.96. The van der Waals surface area contributed by atoms with Gasteiger partial charge >= 0.3 is 0 Å². The minimum absolute atomic E-state index is 0.0895. The maximum absolute atomic E-state index is 12.4. The zero-order chi connectivity index (χ0) is 21.3. The fourth-order valence-electron chi connectivity index (χ4n) is 3.42. The SMILES string of the molecule is Cc1cccc(C)c1NC(=O)Cn1nnc(CCN2C(=O)c3ccccc3C2=O)n1. The van der Waals surface area contributed by atoms with E-state index in [1.54, 1.807) is 24.3 Å². The molecule has 1 N–H and O–H groups in total. The topological polar surface area (TPSA) is 110 Å². The molecular weight excluding hydrogens is 384 g/mol. The Morgan fingerprint density at radius 2 is 1.60 bits per heavy atom. The largest absolute Gasteiger partial charge is 0.324 e. The monoisotopic (exact) mass is 404 g/mol. The second kappa shape index (κ2) is 7.86. The lowest BCUT2D eigenvalue weighted by atomic mass is 10.1. The number of amides is 3. The van der Waals surface area contributed by atoms with E-state index in [1.807, 2.05) is 32.0 Å². The summed E-state index contributed by atoms with van der Waals surface area (Å²) >= 11 is 0. The third-order valence-corrected chi connectivity index (χ3v) is 4.96. The molecule has 1 aliphatic heterocycles. The highest BCUT2D eigenvalue weighted by Gasteiger charge is 2.34. The molecule has 0 bridgehead atoms. The van der Waals surface area contributed by atoms with Crippen molar-refractivity contribution in [3.8, 4) is 0 Å². The average molecular weight is 404 g/mol. The molecule has 0 unspecified atom stereocenters. The van der Waals surface area contributed by atoms with Gasteiger partial charge in [0.05, 0.1) is 11.1 Å². The normalized spacial score (nSPS) is 12.9. The molecule has 0 atom stereocenters. The number of hydrogen-bond acceptors (Lipinski definition) is 6. The Hall–Kier alpha value is -3.88. The van der Waals surface area contributed by atoms with E-state index in [-0.39, 0.29) is 37.2 Å². The van der Waals surface area contributed by atoms with Gasteiger partial charge in [-0.25, -0.2) is 0 Å². The molecule has 0 saturated carbocycles. The van der Waals surface area contributed by atoms with Crippen LogP contribution in [0.25, 0.3) is 0 Å². The number of fused-ring (bicyclic) bond motifs is 1. The maximum atomic E-state index is 12.4. The number of aromatic nitrogens is 4. The minimum atomic E-state index is -0.323. The van der Waals surface area contributed by atoms with E-state index < -0.39 is 0 Å². The number of rotatable bonds is 6. The summed E-state index contributed by atoms with van der Waals surface area (Å²) in [6.07, 6.45) is 0.254. The Labute approximate surface area is 172 Å². The molecule has 0 spiro atoms. The van der Waals surface area contributed by atoms with E-state index in [1.165, 1.54) is 9.70 Å². The van der Waals surface area contributed by atoms with E-state index in [0.717, 1.165) is 16.8 Å². The summed E-state index contributed by atoms with van der Waals surface area (Å²) in [4.78, 5) is 39.5. The van der Waals surface area contributed by atoms with Gasteiger partial charge in [-0.15, -0.1) is 10.2 Å². The van der Waals surface area contributed by atoms with Gasteiger partial charge in [0.1, 0.15) is 6.54 Å². The second-order valence-electron chi connectivity index (χ2n) is 7.11. The number of hydrogen-bond donors (Lipinski definition) is 1. The molecule has 2 heterocycles. The Morgan fingerprint density at radius 1 is 0.967 bits per heavy atom. The van der Waals surface area contributed by atoms with Crippen LogP contribution in [0.4, 0.5) is 5.69 Å². The number of anilines is 1. The van der Waals surface area contributed by atoms with Gasteiger partial charge in [-0.2, -0.15) is 4.80 Å². The lowest BCUT2D eigenvalue weighted by Gasteiger charge is -2.12. The smallest absolute Gasteiger partial charge is 0.261 e. The molecule has 9 heteroatoms. The fraction of sp³-hybridized carbons (Fsp3) is 0.238. The first-order chi connectivity index (χ1) is 14.4. The lowest BCUT2D eigenvalue weighted by Crippen LogP contribution is -2.32. The van der Waals surface area contributed by atoms with Crippen LogP contribution in [0.3, 0.4) is 0 Å². The zero-order valence-electron chi connectivity index (χ0n) is 16.6. The molecule has 0 fully saturated rings. The molecule has 0 aliphatic carbocycles. The molecule has 3 amide bonds. The van der Waals surface area contributed by atoms with Gasteiger partial charge < -0.3 is 5.32 Å². The Morgan fingerprint density at radius 3 is 2.23 bits per heavy atom. The van der Waals surface area contributed by atoms with Gasteiger partial charge in [0.2, 0.25) is 5.91 Å². The van der Waals surface area contributed by atoms with Crippen LogP contribution in [0.2, 0.25) is 0 Å². The number of nitrogens with zero attached hydrogens (tertiary/aromatic N) is 5. The van der Waals surface area contributed by atoms with E-state index in [2.05, 4.69) is 20.7 Å². The van der Waals surface area contributed by atoms with Crippen LogP contribution in [0.1, 0.15) is 37.7 Å². The predicted octanol–water partition coefficient (Wildman–Crippen LogP) is 1.77. The first-order valence-corrected chi connectivity index (χ1v) is 9.52. The molecule has 0 saturated heterocycles. The van der Waals surface area contributed by atoms with Crippen LogP contribution < -0.4 is 5.32 Å². The molecule has 152 valence electrons. The maximum Gasteiger partial charge on any atom is 0.261 e. The second-order valence-corrected chi connectivity index (χ2v) is 7.11. The van der Waals surface area contributed by atoms with Crippen LogP contribution in [-0.4, -0.2) is 49.4 Å². The van der Waals surface area contributed by atoms with Crippen molar-refractivity contribution in [2.45, 2.75) is 26.8 Å². The number of nitrogens with one attached hydrogen (secondary N) is 1. The van der Waals surface area contributed by atoms with Crippen molar-refractivity contribution < 1.29 is 14.4 Å². The molecule has 9 nitrogen and oxygen atoms in total. The predicted molar refractivity (Wildman–Crippen MR) is 108 cm³/mol. The van der Waals surface area contributed by atoms with Gasteiger partial charge in [0.15, 0.2) is 5.82 Å². The van der Waals surface area contributed by atoms with Crippen molar-refractivity contribution in [3.63, 3.8) is 0 Å². The van der Waals surface area contributed by atoms with Crippen LogP contribution >= 0.6 is 0 Å². The fourth-order valence-corrected chi connectivity index (χ4v) is 3.42. The van der Waals surface area contributed by atoms with Gasteiger partial charge in [0.25, 0.3) is 11.8 Å². The summed E-state index contributed by atoms with van der Waals surface area (Å²) in [6.45, 7) is 3.90. The lowest BCUT2D eigenvalue weighted by molar-refractivity contribution is -0.117. The molecule has 1 aliphatic rings. The molecular formula is C21H20N6O3. The Bertz CT molecular complexity index is 1100. The van der Waals surface area contributed by atoms with Crippen molar-refractivity contribution in [1.82, 2.24) is 25.1 Å². The van der Waals surface area contributed by atoms with Crippen molar-refractivity contribution in [3.05, 3.63) is 70.5 Å².